The summed E-state index contributed by atoms with van der Waals surface area (Å²) < 4.78 is 1.11. The van der Waals surface area contributed by atoms with Crippen molar-refractivity contribution in [2.45, 2.75) is 18.9 Å². The molecule has 1 aliphatic carbocycles. The van der Waals surface area contributed by atoms with E-state index in [2.05, 4.69) is 32.9 Å². The molecule has 2 rings (SSSR count). The molecule has 0 N–H and O–H groups in total. The van der Waals surface area contributed by atoms with Crippen LogP contribution in [0.2, 0.25) is 0 Å². The van der Waals surface area contributed by atoms with Gasteiger partial charge in [-0.1, -0.05) is 11.3 Å². The normalized spacial score (nSPS) is 16.9. The van der Waals surface area contributed by atoms with Gasteiger partial charge in [-0.3, -0.25) is 0 Å². The fourth-order valence-electron chi connectivity index (χ4n) is 1.03. The number of hydrogen-bond donors (Lipinski definition) is 0. The highest BCUT2D eigenvalue weighted by atomic mass is 79.9. The zero-order chi connectivity index (χ0) is 7.84. The summed E-state index contributed by atoms with van der Waals surface area (Å²) in [5.41, 5.74) is 0. The van der Waals surface area contributed by atoms with E-state index < -0.39 is 0 Å². The Morgan fingerprint density at radius 3 is 2.91 bits per heavy atom. The zero-order valence-electron chi connectivity index (χ0n) is 6.25. The summed E-state index contributed by atoms with van der Waals surface area (Å²) in [4.78, 5) is 6.53. The third-order valence-electron chi connectivity index (χ3n) is 1.86. The molecule has 0 atom stereocenters. The van der Waals surface area contributed by atoms with E-state index in [9.17, 15) is 0 Å². The van der Waals surface area contributed by atoms with Crippen molar-refractivity contribution < 1.29 is 0 Å². The van der Waals surface area contributed by atoms with Crippen LogP contribution in [0.25, 0.3) is 0 Å². The van der Waals surface area contributed by atoms with E-state index in [0.717, 1.165) is 15.0 Å². The van der Waals surface area contributed by atoms with Gasteiger partial charge in [0.05, 0.1) is 9.98 Å². The second kappa shape index (κ2) is 2.75. The number of aromatic nitrogens is 1. The van der Waals surface area contributed by atoms with Gasteiger partial charge < -0.3 is 4.90 Å². The number of nitrogens with zero attached hydrogens (tertiary/aromatic N) is 2. The largest absolute Gasteiger partial charge is 0.348 e. The maximum Gasteiger partial charge on any atom is 0.186 e. The number of rotatable bonds is 2. The van der Waals surface area contributed by atoms with Gasteiger partial charge >= 0.3 is 0 Å². The second-order valence-electron chi connectivity index (χ2n) is 2.79. The molecule has 0 unspecified atom stereocenters. The Kier molecular flexibility index (Phi) is 1.89. The Labute approximate surface area is 78.4 Å². The summed E-state index contributed by atoms with van der Waals surface area (Å²) in [5, 5.41) is 1.12. The molecule has 1 saturated carbocycles. The van der Waals surface area contributed by atoms with Crippen molar-refractivity contribution in [3.05, 3.63) is 9.98 Å². The molecule has 4 heteroatoms. The van der Waals surface area contributed by atoms with Crippen molar-refractivity contribution in [3.8, 4) is 0 Å². The van der Waals surface area contributed by atoms with E-state index in [4.69, 9.17) is 0 Å². The van der Waals surface area contributed by atoms with Crippen LogP contribution in [-0.4, -0.2) is 18.1 Å². The van der Waals surface area contributed by atoms with Crippen molar-refractivity contribution in [1.82, 2.24) is 4.98 Å². The lowest BCUT2D eigenvalue weighted by Gasteiger charge is -2.13. The maximum absolute atomic E-state index is 4.27. The molecule has 1 heterocycles. The molecule has 1 fully saturated rings. The van der Waals surface area contributed by atoms with Crippen molar-refractivity contribution in [2.24, 2.45) is 0 Å². The van der Waals surface area contributed by atoms with E-state index in [1.807, 2.05) is 6.20 Å². The predicted octanol–water partition coefficient (Wildman–Crippen LogP) is 2.50. The van der Waals surface area contributed by atoms with Crippen LogP contribution in [0.5, 0.6) is 0 Å². The molecule has 11 heavy (non-hydrogen) atoms. The van der Waals surface area contributed by atoms with Crippen LogP contribution in [0, 0.1) is 0 Å². The van der Waals surface area contributed by atoms with E-state index in [1.165, 1.54) is 12.8 Å². The minimum absolute atomic E-state index is 0.757. The van der Waals surface area contributed by atoms with Gasteiger partial charge in [0, 0.05) is 13.1 Å². The standard InChI is InChI=1S/C7H9BrN2S/c1-10(5-2-3-5)7-9-4-6(8)11-7/h4-5H,2-3H2,1H3. The molecular formula is C7H9BrN2S. The Hall–Kier alpha value is -0.0900. The number of thiazole rings is 1. The van der Waals surface area contributed by atoms with Crippen LogP contribution >= 0.6 is 27.3 Å². The molecule has 0 aliphatic heterocycles. The lowest BCUT2D eigenvalue weighted by atomic mass is 10.6. The fraction of sp³-hybridized carbons (Fsp3) is 0.571. The number of halogens is 1. The summed E-state index contributed by atoms with van der Waals surface area (Å²) in [7, 11) is 2.11. The van der Waals surface area contributed by atoms with Crippen LogP contribution < -0.4 is 4.90 Å². The summed E-state index contributed by atoms with van der Waals surface area (Å²) in [6.45, 7) is 0. The first-order chi connectivity index (χ1) is 5.27. The van der Waals surface area contributed by atoms with Crippen molar-refractivity contribution in [2.75, 3.05) is 11.9 Å². The minimum atomic E-state index is 0.757. The molecule has 0 aromatic carbocycles. The SMILES string of the molecule is CN(c1ncc(Br)s1)C1CC1. The van der Waals surface area contributed by atoms with Crippen LogP contribution in [0.15, 0.2) is 9.98 Å². The van der Waals surface area contributed by atoms with Gasteiger partial charge in [-0.05, 0) is 28.8 Å². The molecule has 0 bridgehead atoms. The first kappa shape index (κ1) is 7.55. The van der Waals surface area contributed by atoms with E-state index in [-0.39, 0.29) is 0 Å². The van der Waals surface area contributed by atoms with Gasteiger partial charge in [0.25, 0.3) is 0 Å². The molecule has 0 spiro atoms. The molecular weight excluding hydrogens is 224 g/mol. The van der Waals surface area contributed by atoms with Crippen LogP contribution in [-0.2, 0) is 0 Å². The quantitative estimate of drug-likeness (QED) is 0.780. The minimum Gasteiger partial charge on any atom is -0.348 e. The van der Waals surface area contributed by atoms with Gasteiger partial charge in [-0.15, -0.1) is 0 Å². The highest BCUT2D eigenvalue weighted by Crippen LogP contribution is 2.33. The van der Waals surface area contributed by atoms with Gasteiger partial charge in [0.1, 0.15) is 0 Å². The summed E-state index contributed by atoms with van der Waals surface area (Å²) in [6.07, 6.45) is 4.51. The van der Waals surface area contributed by atoms with Crippen molar-refractivity contribution in [3.63, 3.8) is 0 Å². The van der Waals surface area contributed by atoms with E-state index >= 15 is 0 Å². The highest BCUT2D eigenvalue weighted by Gasteiger charge is 2.27. The molecule has 0 amide bonds. The van der Waals surface area contributed by atoms with Crippen LogP contribution in [0.4, 0.5) is 5.13 Å². The van der Waals surface area contributed by atoms with Gasteiger partial charge in [-0.25, -0.2) is 4.98 Å². The molecule has 60 valence electrons. The maximum atomic E-state index is 4.27. The van der Waals surface area contributed by atoms with Crippen molar-refractivity contribution in [1.29, 1.82) is 0 Å². The zero-order valence-corrected chi connectivity index (χ0v) is 8.65. The second-order valence-corrected chi connectivity index (χ2v) is 5.18. The summed E-state index contributed by atoms with van der Waals surface area (Å²) in [5.74, 6) is 0. The number of hydrogen-bond acceptors (Lipinski definition) is 3. The summed E-state index contributed by atoms with van der Waals surface area (Å²) in [6, 6.07) is 0.757. The van der Waals surface area contributed by atoms with Gasteiger partial charge in [0.15, 0.2) is 5.13 Å². The topological polar surface area (TPSA) is 16.1 Å². The first-order valence-electron chi connectivity index (χ1n) is 3.61. The molecule has 1 aromatic rings. The Morgan fingerprint density at radius 2 is 2.45 bits per heavy atom. The average Bonchev–Trinajstić information content (AvgIpc) is 2.74. The molecule has 1 aliphatic rings. The average molecular weight is 233 g/mol. The van der Waals surface area contributed by atoms with Crippen LogP contribution in [0.1, 0.15) is 12.8 Å². The predicted molar refractivity (Wildman–Crippen MR) is 51.2 cm³/mol. The monoisotopic (exact) mass is 232 g/mol. The van der Waals surface area contributed by atoms with Crippen LogP contribution in [0.3, 0.4) is 0 Å². The fourth-order valence-corrected chi connectivity index (χ4v) is 2.24. The third-order valence-corrected chi connectivity index (χ3v) is 3.43. The van der Waals surface area contributed by atoms with E-state index in [1.54, 1.807) is 11.3 Å². The Morgan fingerprint density at radius 1 is 1.73 bits per heavy atom. The molecule has 0 radical (unpaired) electrons. The number of anilines is 1. The summed E-state index contributed by atoms with van der Waals surface area (Å²) >= 11 is 5.09. The smallest absolute Gasteiger partial charge is 0.186 e. The lowest BCUT2D eigenvalue weighted by Crippen LogP contribution is -2.18. The third kappa shape index (κ3) is 1.56. The van der Waals surface area contributed by atoms with Gasteiger partial charge in [0.2, 0.25) is 0 Å². The Bertz CT molecular complexity index is 257. The van der Waals surface area contributed by atoms with E-state index in [0.29, 0.717) is 0 Å². The molecule has 0 saturated heterocycles. The first-order valence-corrected chi connectivity index (χ1v) is 5.22. The van der Waals surface area contributed by atoms with Crippen molar-refractivity contribution >= 4 is 32.4 Å². The van der Waals surface area contributed by atoms with Gasteiger partial charge in [-0.2, -0.15) is 0 Å². The lowest BCUT2D eigenvalue weighted by molar-refractivity contribution is 0.909. The molecule has 1 aromatic heterocycles. The highest BCUT2D eigenvalue weighted by molar-refractivity contribution is 9.11. The molecule has 2 nitrogen and oxygen atoms in total. The Balaban J connectivity index is 2.14.